The number of carbonyl (C=O) groups is 2. The van der Waals surface area contributed by atoms with E-state index in [-0.39, 0.29) is 12.0 Å². The van der Waals surface area contributed by atoms with Gasteiger partial charge in [0.05, 0.1) is 24.5 Å². The molecule has 176 valence electrons. The van der Waals surface area contributed by atoms with Crippen molar-refractivity contribution in [3.05, 3.63) is 48.0 Å². The predicted octanol–water partition coefficient (Wildman–Crippen LogP) is 4.24. The van der Waals surface area contributed by atoms with E-state index in [2.05, 4.69) is 20.9 Å². The van der Waals surface area contributed by atoms with Crippen LogP contribution in [-0.2, 0) is 4.74 Å². The van der Waals surface area contributed by atoms with Crippen LogP contribution in [0.15, 0.2) is 42.5 Å². The number of hydrogen-bond acceptors (Lipinski definition) is 5. The maximum Gasteiger partial charge on any atom is 0.323 e. The van der Waals surface area contributed by atoms with Gasteiger partial charge in [0.15, 0.2) is 0 Å². The first-order valence-electron chi connectivity index (χ1n) is 11.6. The maximum absolute atomic E-state index is 13.1. The summed E-state index contributed by atoms with van der Waals surface area (Å²) in [6.07, 6.45) is 5.49. The molecule has 2 heterocycles. The zero-order valence-electron chi connectivity index (χ0n) is 19.1. The number of rotatable bonds is 7. The van der Waals surface area contributed by atoms with Gasteiger partial charge in [-0.2, -0.15) is 0 Å². The van der Waals surface area contributed by atoms with Crippen LogP contribution in [0.25, 0.3) is 0 Å². The summed E-state index contributed by atoms with van der Waals surface area (Å²) < 4.78 is 10.9. The largest absolute Gasteiger partial charge is 0.495 e. The van der Waals surface area contributed by atoms with Gasteiger partial charge >= 0.3 is 6.03 Å². The number of hydrogen-bond donors (Lipinski definition) is 3. The molecule has 2 aliphatic rings. The Morgan fingerprint density at radius 3 is 2.64 bits per heavy atom. The summed E-state index contributed by atoms with van der Waals surface area (Å²) in [5.74, 6) is 0.419. The molecular weight excluding hydrogens is 420 g/mol. The first kappa shape index (κ1) is 22.9. The maximum atomic E-state index is 13.1. The van der Waals surface area contributed by atoms with Crippen LogP contribution in [0.1, 0.15) is 42.5 Å². The lowest BCUT2D eigenvalue weighted by molar-refractivity contribution is 0.0858. The van der Waals surface area contributed by atoms with E-state index in [1.54, 1.807) is 25.3 Å². The van der Waals surface area contributed by atoms with Gasteiger partial charge < -0.3 is 30.3 Å². The van der Waals surface area contributed by atoms with Crippen LogP contribution in [0, 0.1) is 0 Å². The molecule has 2 aromatic carbocycles. The van der Waals surface area contributed by atoms with E-state index in [9.17, 15) is 9.59 Å². The fourth-order valence-corrected chi connectivity index (χ4v) is 4.35. The van der Waals surface area contributed by atoms with Gasteiger partial charge in [0.1, 0.15) is 5.75 Å². The van der Waals surface area contributed by atoms with Crippen LogP contribution in [-0.4, -0.2) is 51.4 Å². The number of para-hydroxylation sites is 2. The highest BCUT2D eigenvalue weighted by Gasteiger charge is 2.22. The summed E-state index contributed by atoms with van der Waals surface area (Å²) in [6, 6.07) is 12.3. The Kier molecular flexibility index (Phi) is 7.67. The van der Waals surface area contributed by atoms with Crippen LogP contribution >= 0.6 is 0 Å². The van der Waals surface area contributed by atoms with Crippen molar-refractivity contribution in [2.45, 2.75) is 38.2 Å². The van der Waals surface area contributed by atoms with Gasteiger partial charge in [-0.1, -0.05) is 12.1 Å². The van der Waals surface area contributed by atoms with Gasteiger partial charge in [0.25, 0.3) is 5.91 Å². The first-order valence-corrected chi connectivity index (χ1v) is 11.6. The second-order valence-corrected chi connectivity index (χ2v) is 8.40. The molecule has 4 rings (SSSR count). The molecular formula is C25H32N4O4. The fraction of sp³-hybridized carbons (Fsp3) is 0.440. The van der Waals surface area contributed by atoms with Gasteiger partial charge in [0, 0.05) is 37.6 Å². The molecule has 1 atom stereocenters. The van der Waals surface area contributed by atoms with E-state index in [1.807, 2.05) is 24.3 Å². The van der Waals surface area contributed by atoms with E-state index in [0.717, 1.165) is 51.1 Å². The lowest BCUT2D eigenvalue weighted by Gasteiger charge is -2.30. The molecule has 3 N–H and O–H groups in total. The average molecular weight is 453 g/mol. The van der Waals surface area contributed by atoms with Crippen LogP contribution in [0.2, 0.25) is 0 Å². The molecule has 2 fully saturated rings. The standard InChI is InChI=1S/C25H32N4O4/c1-32-23-10-4-3-9-21(23)28-25(31)27-18-11-12-22(29-13-5-2-6-14-29)20(16-18)24(30)26-17-19-8-7-15-33-19/h3-4,9-12,16,19H,2,5-8,13-15,17H2,1H3,(H,26,30)(H2,27,28,31). The Morgan fingerprint density at radius 2 is 1.88 bits per heavy atom. The van der Waals surface area contributed by atoms with Crippen molar-refractivity contribution in [1.82, 2.24) is 5.32 Å². The number of piperidine rings is 1. The summed E-state index contributed by atoms with van der Waals surface area (Å²) in [6.45, 7) is 3.09. The summed E-state index contributed by atoms with van der Waals surface area (Å²) in [5.41, 5.74) is 2.57. The molecule has 0 spiro atoms. The van der Waals surface area contributed by atoms with Crippen LogP contribution in [0.4, 0.5) is 21.9 Å². The molecule has 2 aliphatic heterocycles. The minimum atomic E-state index is -0.407. The van der Waals surface area contributed by atoms with Crippen molar-refractivity contribution in [1.29, 1.82) is 0 Å². The monoisotopic (exact) mass is 452 g/mol. The summed E-state index contributed by atoms with van der Waals surface area (Å²) >= 11 is 0. The normalized spacial score (nSPS) is 18.0. The van der Waals surface area contributed by atoms with E-state index < -0.39 is 6.03 Å². The van der Waals surface area contributed by atoms with Crippen LogP contribution < -0.4 is 25.6 Å². The topological polar surface area (TPSA) is 91.9 Å². The SMILES string of the molecule is COc1ccccc1NC(=O)Nc1ccc(N2CCCCC2)c(C(=O)NCC2CCCO2)c1. The van der Waals surface area contributed by atoms with Crippen molar-refractivity contribution < 1.29 is 19.1 Å². The number of amides is 3. The summed E-state index contributed by atoms with van der Waals surface area (Å²) in [7, 11) is 1.55. The minimum Gasteiger partial charge on any atom is -0.495 e. The Balaban J connectivity index is 1.49. The molecule has 2 saturated heterocycles. The number of anilines is 3. The average Bonchev–Trinajstić information content (AvgIpc) is 3.37. The molecule has 0 saturated carbocycles. The van der Waals surface area contributed by atoms with E-state index in [0.29, 0.717) is 29.2 Å². The zero-order valence-corrected chi connectivity index (χ0v) is 19.1. The van der Waals surface area contributed by atoms with E-state index in [4.69, 9.17) is 9.47 Å². The lowest BCUT2D eigenvalue weighted by Crippen LogP contribution is -2.35. The number of urea groups is 1. The highest BCUT2D eigenvalue weighted by atomic mass is 16.5. The molecule has 3 amide bonds. The smallest absolute Gasteiger partial charge is 0.323 e. The van der Waals surface area contributed by atoms with Crippen molar-refractivity contribution in [2.75, 3.05) is 48.9 Å². The summed E-state index contributed by atoms with van der Waals surface area (Å²) in [4.78, 5) is 28.0. The number of nitrogens with one attached hydrogen (secondary N) is 3. The molecule has 33 heavy (non-hydrogen) atoms. The van der Waals surface area contributed by atoms with Crippen LogP contribution in [0.3, 0.4) is 0 Å². The molecule has 0 aromatic heterocycles. The number of nitrogens with zero attached hydrogens (tertiary/aromatic N) is 1. The Morgan fingerprint density at radius 1 is 1.06 bits per heavy atom. The number of benzene rings is 2. The third kappa shape index (κ3) is 5.96. The number of methoxy groups -OCH3 is 1. The number of ether oxygens (including phenoxy) is 2. The fourth-order valence-electron chi connectivity index (χ4n) is 4.35. The van der Waals surface area contributed by atoms with Gasteiger partial charge in [0.2, 0.25) is 0 Å². The third-order valence-corrected chi connectivity index (χ3v) is 6.07. The predicted molar refractivity (Wildman–Crippen MR) is 129 cm³/mol. The van der Waals surface area contributed by atoms with Crippen molar-refractivity contribution in [2.24, 2.45) is 0 Å². The van der Waals surface area contributed by atoms with Gasteiger partial charge in [-0.15, -0.1) is 0 Å². The minimum absolute atomic E-state index is 0.0697. The van der Waals surface area contributed by atoms with Crippen LogP contribution in [0.5, 0.6) is 5.75 Å². The van der Waals surface area contributed by atoms with E-state index in [1.165, 1.54) is 6.42 Å². The molecule has 0 radical (unpaired) electrons. The highest BCUT2D eigenvalue weighted by Crippen LogP contribution is 2.28. The van der Waals surface area contributed by atoms with Gasteiger partial charge in [-0.3, -0.25) is 4.79 Å². The second kappa shape index (κ2) is 11.0. The van der Waals surface area contributed by atoms with Gasteiger partial charge in [-0.05, 0) is 62.4 Å². The van der Waals surface area contributed by atoms with E-state index >= 15 is 0 Å². The van der Waals surface area contributed by atoms with Crippen molar-refractivity contribution >= 4 is 29.0 Å². The Hall–Kier alpha value is -3.26. The first-order chi connectivity index (χ1) is 16.1. The molecule has 2 aromatic rings. The Bertz CT molecular complexity index is 969. The molecule has 0 aliphatic carbocycles. The Labute approximate surface area is 194 Å². The quantitative estimate of drug-likeness (QED) is 0.585. The number of carbonyl (C=O) groups excluding carboxylic acids is 2. The molecule has 1 unspecified atom stereocenters. The van der Waals surface area contributed by atoms with Crippen molar-refractivity contribution in [3.8, 4) is 5.75 Å². The molecule has 8 nitrogen and oxygen atoms in total. The third-order valence-electron chi connectivity index (χ3n) is 6.07. The molecule has 0 bridgehead atoms. The van der Waals surface area contributed by atoms with Crippen molar-refractivity contribution in [3.63, 3.8) is 0 Å². The highest BCUT2D eigenvalue weighted by molar-refractivity contribution is 6.04. The second-order valence-electron chi connectivity index (χ2n) is 8.40. The lowest BCUT2D eigenvalue weighted by atomic mass is 10.1. The zero-order chi connectivity index (χ0) is 23.0. The van der Waals surface area contributed by atoms with Gasteiger partial charge in [-0.25, -0.2) is 4.79 Å². The summed E-state index contributed by atoms with van der Waals surface area (Å²) in [5, 5.41) is 8.65. The molecule has 8 heteroatoms.